The van der Waals surface area contributed by atoms with E-state index in [1.54, 1.807) is 6.07 Å². The predicted molar refractivity (Wildman–Crippen MR) is 76.8 cm³/mol. The second-order valence-corrected chi connectivity index (χ2v) is 4.86. The van der Waals surface area contributed by atoms with E-state index < -0.39 is 11.7 Å². The molecule has 9 heteroatoms. The number of hydrazine groups is 1. The maximum Gasteiger partial charge on any atom is 0.416 e. The van der Waals surface area contributed by atoms with Gasteiger partial charge in [0.15, 0.2) is 0 Å². The molecule has 0 aliphatic carbocycles. The van der Waals surface area contributed by atoms with Gasteiger partial charge in [-0.3, -0.25) is 0 Å². The summed E-state index contributed by atoms with van der Waals surface area (Å²) < 4.78 is 38.4. The fourth-order valence-electron chi connectivity index (χ4n) is 1.56. The van der Waals surface area contributed by atoms with Gasteiger partial charge in [0.05, 0.1) is 16.3 Å². The molecule has 0 bridgehead atoms. The number of anilines is 3. The summed E-state index contributed by atoms with van der Waals surface area (Å²) in [6, 6.07) is 6.19. The number of nitrogens with two attached hydrogens (primary N) is 1. The normalized spacial score (nSPS) is 11.3. The molecule has 1 heterocycles. The second-order valence-electron chi connectivity index (χ2n) is 4.02. The van der Waals surface area contributed by atoms with Gasteiger partial charge >= 0.3 is 6.18 Å². The van der Waals surface area contributed by atoms with Crippen molar-refractivity contribution in [2.75, 3.05) is 10.7 Å². The molecule has 0 amide bonds. The number of alkyl halides is 3. The van der Waals surface area contributed by atoms with E-state index >= 15 is 0 Å². The van der Waals surface area contributed by atoms with Gasteiger partial charge in [0, 0.05) is 5.02 Å². The van der Waals surface area contributed by atoms with Crippen molar-refractivity contribution in [1.82, 2.24) is 4.98 Å². The minimum absolute atomic E-state index is 0.0676. The number of pyridine rings is 1. The van der Waals surface area contributed by atoms with Crippen LogP contribution in [0.25, 0.3) is 0 Å². The summed E-state index contributed by atoms with van der Waals surface area (Å²) in [6.45, 7) is 0. The lowest BCUT2D eigenvalue weighted by Crippen LogP contribution is -2.13. The van der Waals surface area contributed by atoms with Gasteiger partial charge in [0.25, 0.3) is 0 Å². The number of aromatic nitrogens is 1. The minimum atomic E-state index is -4.52. The van der Waals surface area contributed by atoms with Crippen LogP contribution in [-0.2, 0) is 6.18 Å². The molecule has 0 fully saturated rings. The first-order chi connectivity index (χ1) is 9.79. The zero-order valence-corrected chi connectivity index (χ0v) is 11.8. The molecular formula is C12H9Cl2F3N4. The predicted octanol–water partition coefficient (Wildman–Crippen LogP) is 4.44. The zero-order valence-electron chi connectivity index (χ0n) is 10.3. The lowest BCUT2D eigenvalue weighted by molar-refractivity contribution is -0.137. The van der Waals surface area contributed by atoms with Crippen molar-refractivity contribution in [3.63, 3.8) is 0 Å². The molecule has 0 radical (unpaired) electrons. The molecule has 21 heavy (non-hydrogen) atoms. The topological polar surface area (TPSA) is 63.0 Å². The van der Waals surface area contributed by atoms with Crippen LogP contribution in [0.4, 0.5) is 30.5 Å². The van der Waals surface area contributed by atoms with Crippen molar-refractivity contribution >= 4 is 40.5 Å². The van der Waals surface area contributed by atoms with Gasteiger partial charge in [-0.25, -0.2) is 10.8 Å². The Morgan fingerprint density at radius 1 is 1.05 bits per heavy atom. The molecule has 0 aliphatic heterocycles. The van der Waals surface area contributed by atoms with E-state index in [0.717, 1.165) is 12.1 Å². The molecule has 2 rings (SSSR count). The number of benzene rings is 1. The third-order valence-corrected chi connectivity index (χ3v) is 3.06. The molecule has 112 valence electrons. The van der Waals surface area contributed by atoms with Crippen LogP contribution in [-0.4, -0.2) is 4.98 Å². The maximum absolute atomic E-state index is 12.8. The lowest BCUT2D eigenvalue weighted by atomic mass is 10.2. The smallest absolute Gasteiger partial charge is 0.339 e. The van der Waals surface area contributed by atoms with Crippen molar-refractivity contribution < 1.29 is 13.2 Å². The Morgan fingerprint density at radius 2 is 1.71 bits per heavy atom. The summed E-state index contributed by atoms with van der Waals surface area (Å²) in [6.07, 6.45) is -4.52. The highest BCUT2D eigenvalue weighted by Crippen LogP contribution is 2.34. The highest BCUT2D eigenvalue weighted by Gasteiger charge is 2.31. The van der Waals surface area contributed by atoms with Crippen molar-refractivity contribution in [3.8, 4) is 0 Å². The molecule has 0 saturated heterocycles. The fraction of sp³-hybridized carbons (Fsp3) is 0.0833. The molecule has 0 aliphatic rings. The Kier molecular flexibility index (Phi) is 4.46. The zero-order chi connectivity index (χ0) is 15.6. The number of hydrogen-bond acceptors (Lipinski definition) is 4. The molecule has 0 spiro atoms. The first-order valence-electron chi connectivity index (χ1n) is 5.57. The van der Waals surface area contributed by atoms with Crippen LogP contribution < -0.4 is 16.6 Å². The Labute approximate surface area is 128 Å². The summed E-state index contributed by atoms with van der Waals surface area (Å²) in [5, 5.41) is 3.35. The Balaban J connectivity index is 2.42. The summed E-state index contributed by atoms with van der Waals surface area (Å²) in [5.74, 6) is 4.92. The monoisotopic (exact) mass is 336 g/mol. The first kappa shape index (κ1) is 15.7. The minimum Gasteiger partial charge on any atom is -0.339 e. The Bertz CT molecular complexity index is 661. The molecule has 4 nitrogen and oxygen atoms in total. The Morgan fingerprint density at radius 3 is 2.33 bits per heavy atom. The van der Waals surface area contributed by atoms with E-state index in [1.807, 2.05) is 0 Å². The van der Waals surface area contributed by atoms with Crippen LogP contribution in [0.3, 0.4) is 0 Å². The van der Waals surface area contributed by atoms with Gasteiger partial charge in [-0.1, -0.05) is 23.2 Å². The van der Waals surface area contributed by atoms with Gasteiger partial charge in [0.1, 0.15) is 11.6 Å². The van der Waals surface area contributed by atoms with Gasteiger partial charge in [-0.2, -0.15) is 13.2 Å². The number of hydrogen-bond donors (Lipinski definition) is 3. The fourth-order valence-corrected chi connectivity index (χ4v) is 1.90. The van der Waals surface area contributed by atoms with Gasteiger partial charge in [-0.05, 0) is 30.3 Å². The second kappa shape index (κ2) is 5.97. The quantitative estimate of drug-likeness (QED) is 0.572. The number of nitrogens with zero attached hydrogens (tertiary/aromatic N) is 1. The third-order valence-electron chi connectivity index (χ3n) is 2.49. The molecule has 0 saturated carbocycles. The SMILES string of the molecule is NNc1cc(C(F)(F)F)cc(Nc2cc(Cl)ccc2Cl)n1. The number of nitrogens with one attached hydrogen (secondary N) is 2. The third kappa shape index (κ3) is 3.90. The van der Waals surface area contributed by atoms with E-state index in [1.165, 1.54) is 12.1 Å². The molecule has 1 aromatic heterocycles. The van der Waals surface area contributed by atoms with E-state index in [9.17, 15) is 13.2 Å². The molecule has 0 atom stereocenters. The van der Waals surface area contributed by atoms with Crippen molar-refractivity contribution in [1.29, 1.82) is 0 Å². The van der Waals surface area contributed by atoms with Gasteiger partial charge in [-0.15, -0.1) is 0 Å². The summed E-state index contributed by atoms with van der Waals surface area (Å²) in [5.41, 5.74) is 1.52. The average Bonchev–Trinajstić information content (AvgIpc) is 2.41. The highest BCUT2D eigenvalue weighted by molar-refractivity contribution is 6.35. The van der Waals surface area contributed by atoms with E-state index in [4.69, 9.17) is 29.0 Å². The average molecular weight is 337 g/mol. The summed E-state index contributed by atoms with van der Waals surface area (Å²) >= 11 is 11.8. The van der Waals surface area contributed by atoms with Crippen molar-refractivity contribution in [2.24, 2.45) is 5.84 Å². The van der Waals surface area contributed by atoms with Crippen LogP contribution in [0.2, 0.25) is 10.0 Å². The molecule has 4 N–H and O–H groups in total. The van der Waals surface area contributed by atoms with Gasteiger partial charge < -0.3 is 10.7 Å². The van der Waals surface area contributed by atoms with Crippen molar-refractivity contribution in [3.05, 3.63) is 45.9 Å². The molecule has 0 unspecified atom stereocenters. The van der Waals surface area contributed by atoms with E-state index in [0.29, 0.717) is 15.7 Å². The Hall–Kier alpha value is -1.70. The summed E-state index contributed by atoms with van der Waals surface area (Å²) in [7, 11) is 0. The van der Waals surface area contributed by atoms with Crippen LogP contribution in [0.15, 0.2) is 30.3 Å². The van der Waals surface area contributed by atoms with Crippen LogP contribution in [0.5, 0.6) is 0 Å². The molecular weight excluding hydrogens is 328 g/mol. The van der Waals surface area contributed by atoms with Crippen LogP contribution >= 0.6 is 23.2 Å². The van der Waals surface area contributed by atoms with Crippen molar-refractivity contribution in [2.45, 2.75) is 6.18 Å². The largest absolute Gasteiger partial charge is 0.416 e. The number of halogens is 5. The lowest BCUT2D eigenvalue weighted by Gasteiger charge is -2.13. The maximum atomic E-state index is 12.8. The molecule has 1 aromatic carbocycles. The number of nitrogen functional groups attached to an aromatic ring is 1. The van der Waals surface area contributed by atoms with Gasteiger partial charge in [0.2, 0.25) is 0 Å². The molecule has 2 aromatic rings. The first-order valence-corrected chi connectivity index (χ1v) is 6.33. The van der Waals surface area contributed by atoms with Crippen LogP contribution in [0.1, 0.15) is 5.56 Å². The van der Waals surface area contributed by atoms with E-state index in [2.05, 4.69) is 15.7 Å². The summed E-state index contributed by atoms with van der Waals surface area (Å²) in [4.78, 5) is 3.88. The standard InChI is InChI=1S/C12H9Cl2F3N4/c13-7-1-2-8(14)9(5-7)19-10-3-6(12(15,16)17)4-11(20-10)21-18/h1-5H,18H2,(H2,19,20,21). The highest BCUT2D eigenvalue weighted by atomic mass is 35.5. The van der Waals surface area contributed by atoms with E-state index in [-0.39, 0.29) is 11.6 Å². The number of rotatable bonds is 3. The van der Waals surface area contributed by atoms with Crippen LogP contribution in [0, 0.1) is 0 Å².